The predicted molar refractivity (Wildman–Crippen MR) is 118 cm³/mol. The van der Waals surface area contributed by atoms with Crippen molar-refractivity contribution in [2.45, 2.75) is 52.7 Å². The van der Waals surface area contributed by atoms with E-state index in [0.717, 1.165) is 11.1 Å². The molecule has 6 nitrogen and oxygen atoms in total. The Labute approximate surface area is 179 Å². The minimum Gasteiger partial charge on any atom is -0.493 e. The van der Waals surface area contributed by atoms with Crippen LogP contribution in [0.1, 0.15) is 38.3 Å². The summed E-state index contributed by atoms with van der Waals surface area (Å²) in [7, 11) is 1.55. The number of amides is 2. The topological polar surface area (TPSA) is 67.9 Å². The highest BCUT2D eigenvalue weighted by Crippen LogP contribution is 2.26. The van der Waals surface area contributed by atoms with Crippen molar-refractivity contribution in [3.05, 3.63) is 59.7 Å². The van der Waals surface area contributed by atoms with Crippen molar-refractivity contribution in [3.63, 3.8) is 0 Å². The molecule has 2 amide bonds. The highest BCUT2D eigenvalue weighted by Gasteiger charge is 2.29. The number of nitrogens with zero attached hydrogens (tertiary/aromatic N) is 1. The zero-order valence-corrected chi connectivity index (χ0v) is 18.5. The molecule has 0 saturated heterocycles. The van der Waals surface area contributed by atoms with E-state index in [1.54, 1.807) is 24.1 Å². The number of methoxy groups -OCH3 is 1. The summed E-state index contributed by atoms with van der Waals surface area (Å²) >= 11 is 0. The van der Waals surface area contributed by atoms with E-state index in [1.165, 1.54) is 0 Å². The molecule has 0 unspecified atom stereocenters. The molecule has 0 heterocycles. The maximum atomic E-state index is 13.2. The number of ether oxygens (including phenoxy) is 2. The van der Waals surface area contributed by atoms with Crippen molar-refractivity contribution < 1.29 is 19.1 Å². The number of nitrogens with one attached hydrogen (secondary N) is 1. The molecule has 2 aromatic carbocycles. The molecule has 0 saturated carbocycles. The molecule has 2 aromatic rings. The van der Waals surface area contributed by atoms with Gasteiger partial charge in [0, 0.05) is 12.6 Å². The number of para-hydroxylation sites is 2. The molecule has 0 aliphatic carbocycles. The Bertz CT molecular complexity index is 851. The second-order valence-electron chi connectivity index (χ2n) is 7.54. The van der Waals surface area contributed by atoms with Crippen LogP contribution < -0.4 is 14.8 Å². The van der Waals surface area contributed by atoms with Crippen molar-refractivity contribution in [3.8, 4) is 11.5 Å². The lowest BCUT2D eigenvalue weighted by molar-refractivity contribution is -0.143. The number of carbonyl (C=O) groups is 2. The molecule has 1 N–H and O–H groups in total. The lowest BCUT2D eigenvalue weighted by Gasteiger charge is -2.31. The van der Waals surface area contributed by atoms with Gasteiger partial charge in [0.15, 0.2) is 18.1 Å². The number of rotatable bonds is 10. The van der Waals surface area contributed by atoms with Gasteiger partial charge in [-0.05, 0) is 44.9 Å². The largest absolute Gasteiger partial charge is 0.493 e. The van der Waals surface area contributed by atoms with Crippen LogP contribution in [-0.2, 0) is 16.1 Å². The standard InChI is InChI=1S/C24H32N2O4/c1-6-20(24(28)25-17(2)3)26(15-19-11-9-10-18(4)14-19)23(27)16-30-22-13-8-7-12-21(22)29-5/h7-14,17,20H,6,15-16H2,1-5H3,(H,25,28)/t20-/m1/s1. The van der Waals surface area contributed by atoms with Gasteiger partial charge in [-0.25, -0.2) is 0 Å². The van der Waals surface area contributed by atoms with Crippen molar-refractivity contribution in [1.82, 2.24) is 10.2 Å². The maximum absolute atomic E-state index is 13.2. The SMILES string of the molecule is CC[C@H](C(=O)NC(C)C)N(Cc1cccc(C)c1)C(=O)COc1ccccc1OC. The van der Waals surface area contributed by atoms with Crippen LogP contribution in [0, 0.1) is 6.92 Å². The number of hydrogen-bond acceptors (Lipinski definition) is 4. The Balaban J connectivity index is 2.24. The molecule has 0 fully saturated rings. The molecular formula is C24H32N2O4. The number of hydrogen-bond donors (Lipinski definition) is 1. The molecule has 1 atom stereocenters. The van der Waals surface area contributed by atoms with Crippen LogP contribution in [-0.4, -0.2) is 42.5 Å². The van der Waals surface area contributed by atoms with Gasteiger partial charge in [-0.1, -0.05) is 48.9 Å². The Morgan fingerprint density at radius 2 is 1.77 bits per heavy atom. The summed E-state index contributed by atoms with van der Waals surface area (Å²) in [5.41, 5.74) is 2.07. The molecule has 0 aromatic heterocycles. The van der Waals surface area contributed by atoms with E-state index in [-0.39, 0.29) is 24.5 Å². The van der Waals surface area contributed by atoms with E-state index in [9.17, 15) is 9.59 Å². The van der Waals surface area contributed by atoms with Crippen LogP contribution in [0.4, 0.5) is 0 Å². The van der Waals surface area contributed by atoms with E-state index in [4.69, 9.17) is 9.47 Å². The number of carbonyl (C=O) groups excluding carboxylic acids is 2. The van der Waals surface area contributed by atoms with Crippen LogP contribution in [0.2, 0.25) is 0 Å². The first-order chi connectivity index (χ1) is 14.3. The van der Waals surface area contributed by atoms with Crippen LogP contribution >= 0.6 is 0 Å². The molecule has 0 aliphatic rings. The van der Waals surface area contributed by atoms with Crippen molar-refractivity contribution in [2.75, 3.05) is 13.7 Å². The minimum atomic E-state index is -0.582. The Kier molecular flexibility index (Phi) is 8.71. The molecular weight excluding hydrogens is 380 g/mol. The van der Waals surface area contributed by atoms with E-state index < -0.39 is 6.04 Å². The summed E-state index contributed by atoms with van der Waals surface area (Å²) in [6.07, 6.45) is 0.505. The van der Waals surface area contributed by atoms with Gasteiger partial charge in [-0.2, -0.15) is 0 Å². The van der Waals surface area contributed by atoms with Crippen LogP contribution in [0.25, 0.3) is 0 Å². The molecule has 0 aliphatic heterocycles. The molecule has 0 radical (unpaired) electrons. The zero-order chi connectivity index (χ0) is 22.1. The summed E-state index contributed by atoms with van der Waals surface area (Å²) in [5, 5.41) is 2.92. The Morgan fingerprint density at radius 3 is 2.37 bits per heavy atom. The van der Waals surface area contributed by atoms with Gasteiger partial charge in [0.05, 0.1) is 7.11 Å². The monoisotopic (exact) mass is 412 g/mol. The fourth-order valence-electron chi connectivity index (χ4n) is 3.27. The fraction of sp³-hybridized carbons (Fsp3) is 0.417. The Hall–Kier alpha value is -3.02. The molecule has 30 heavy (non-hydrogen) atoms. The lowest BCUT2D eigenvalue weighted by Crippen LogP contribution is -2.51. The highest BCUT2D eigenvalue weighted by molar-refractivity contribution is 5.88. The van der Waals surface area contributed by atoms with Gasteiger partial charge in [0.2, 0.25) is 5.91 Å². The highest BCUT2D eigenvalue weighted by atomic mass is 16.5. The summed E-state index contributed by atoms with van der Waals surface area (Å²) in [6, 6.07) is 14.5. The maximum Gasteiger partial charge on any atom is 0.261 e. The lowest BCUT2D eigenvalue weighted by atomic mass is 10.1. The number of benzene rings is 2. The predicted octanol–water partition coefficient (Wildman–Crippen LogP) is 3.71. The van der Waals surface area contributed by atoms with Crippen LogP contribution in [0.15, 0.2) is 48.5 Å². The van der Waals surface area contributed by atoms with Gasteiger partial charge in [0.1, 0.15) is 6.04 Å². The molecule has 0 spiro atoms. The Morgan fingerprint density at radius 1 is 1.07 bits per heavy atom. The van der Waals surface area contributed by atoms with Gasteiger partial charge < -0.3 is 19.7 Å². The summed E-state index contributed by atoms with van der Waals surface area (Å²) in [6.45, 7) is 7.87. The van der Waals surface area contributed by atoms with E-state index in [0.29, 0.717) is 24.5 Å². The molecule has 6 heteroatoms. The second kappa shape index (κ2) is 11.2. The van der Waals surface area contributed by atoms with E-state index >= 15 is 0 Å². The second-order valence-corrected chi connectivity index (χ2v) is 7.54. The van der Waals surface area contributed by atoms with Crippen molar-refractivity contribution in [2.24, 2.45) is 0 Å². The number of aryl methyl sites for hydroxylation is 1. The summed E-state index contributed by atoms with van der Waals surface area (Å²) in [4.78, 5) is 27.6. The average Bonchev–Trinajstić information content (AvgIpc) is 2.71. The van der Waals surface area contributed by atoms with Crippen LogP contribution in [0.3, 0.4) is 0 Å². The first-order valence-electron chi connectivity index (χ1n) is 10.3. The minimum absolute atomic E-state index is 0.00713. The third-order valence-electron chi connectivity index (χ3n) is 4.67. The van der Waals surface area contributed by atoms with Gasteiger partial charge in [-0.15, -0.1) is 0 Å². The molecule has 162 valence electrons. The summed E-state index contributed by atoms with van der Waals surface area (Å²) < 4.78 is 11.0. The quantitative estimate of drug-likeness (QED) is 0.646. The third kappa shape index (κ3) is 6.51. The first-order valence-corrected chi connectivity index (χ1v) is 10.3. The fourth-order valence-corrected chi connectivity index (χ4v) is 3.27. The first kappa shape index (κ1) is 23.3. The van der Waals surface area contributed by atoms with E-state index in [2.05, 4.69) is 5.32 Å². The third-order valence-corrected chi connectivity index (χ3v) is 4.67. The smallest absolute Gasteiger partial charge is 0.261 e. The van der Waals surface area contributed by atoms with E-state index in [1.807, 2.05) is 64.1 Å². The van der Waals surface area contributed by atoms with Gasteiger partial charge >= 0.3 is 0 Å². The molecule has 0 bridgehead atoms. The molecule has 2 rings (SSSR count). The normalized spacial score (nSPS) is 11.7. The van der Waals surface area contributed by atoms with Crippen molar-refractivity contribution >= 4 is 11.8 Å². The average molecular weight is 413 g/mol. The van der Waals surface area contributed by atoms with Crippen LogP contribution in [0.5, 0.6) is 11.5 Å². The van der Waals surface area contributed by atoms with Gasteiger partial charge in [0.25, 0.3) is 5.91 Å². The summed E-state index contributed by atoms with van der Waals surface area (Å²) in [5.74, 6) is 0.627. The zero-order valence-electron chi connectivity index (χ0n) is 18.5. The van der Waals surface area contributed by atoms with Gasteiger partial charge in [-0.3, -0.25) is 9.59 Å². The van der Waals surface area contributed by atoms with Crippen molar-refractivity contribution in [1.29, 1.82) is 0 Å².